The zero-order valence-corrected chi connectivity index (χ0v) is 13.7. The molecule has 6 nitrogen and oxygen atoms in total. The van der Waals surface area contributed by atoms with Crippen LogP contribution in [0.3, 0.4) is 0 Å². The molecular formula is C19H18N2O4. The molecule has 0 unspecified atom stereocenters. The van der Waals surface area contributed by atoms with Crippen molar-refractivity contribution in [2.75, 3.05) is 19.4 Å². The third-order valence-electron chi connectivity index (χ3n) is 3.22. The number of ether oxygens (including phenoxy) is 2. The van der Waals surface area contributed by atoms with E-state index in [0.717, 1.165) is 5.56 Å². The molecule has 0 bridgehead atoms. The highest BCUT2D eigenvalue weighted by Crippen LogP contribution is 2.14. The van der Waals surface area contributed by atoms with Crippen molar-refractivity contribution in [3.8, 4) is 11.8 Å². The fraction of sp³-hybridized carbons (Fsp3) is 0.158. The predicted molar refractivity (Wildman–Crippen MR) is 93.7 cm³/mol. The van der Waals surface area contributed by atoms with E-state index in [0.29, 0.717) is 5.56 Å². The number of alkyl carbamates (subject to hydrolysis) is 1. The van der Waals surface area contributed by atoms with Gasteiger partial charge in [0.2, 0.25) is 0 Å². The number of esters is 1. The van der Waals surface area contributed by atoms with Crippen molar-refractivity contribution in [1.82, 2.24) is 5.32 Å². The van der Waals surface area contributed by atoms with Crippen molar-refractivity contribution in [1.29, 1.82) is 0 Å². The SMILES string of the molecule is COC(=O)c1ccc(C#CCNC(=O)OCc2ccccc2)cc1N. The van der Waals surface area contributed by atoms with E-state index in [-0.39, 0.29) is 24.4 Å². The Hall–Kier alpha value is -3.46. The molecule has 0 aliphatic carbocycles. The molecule has 0 saturated heterocycles. The molecule has 0 aromatic heterocycles. The van der Waals surface area contributed by atoms with Gasteiger partial charge in [0.15, 0.2) is 0 Å². The van der Waals surface area contributed by atoms with Gasteiger partial charge in [-0.25, -0.2) is 9.59 Å². The van der Waals surface area contributed by atoms with Crippen LogP contribution < -0.4 is 11.1 Å². The Morgan fingerprint density at radius 1 is 1.16 bits per heavy atom. The minimum absolute atomic E-state index is 0.131. The van der Waals surface area contributed by atoms with Gasteiger partial charge in [-0.05, 0) is 23.8 Å². The lowest BCUT2D eigenvalue weighted by Gasteiger charge is -2.04. The molecule has 0 fully saturated rings. The Kier molecular flexibility index (Phi) is 6.43. The summed E-state index contributed by atoms with van der Waals surface area (Å²) in [5, 5.41) is 2.54. The van der Waals surface area contributed by atoms with Crippen LogP contribution >= 0.6 is 0 Å². The third-order valence-corrected chi connectivity index (χ3v) is 3.22. The maximum atomic E-state index is 11.6. The smallest absolute Gasteiger partial charge is 0.408 e. The maximum Gasteiger partial charge on any atom is 0.408 e. The largest absolute Gasteiger partial charge is 0.465 e. The van der Waals surface area contributed by atoms with E-state index in [2.05, 4.69) is 21.9 Å². The van der Waals surface area contributed by atoms with Gasteiger partial charge in [0.25, 0.3) is 0 Å². The normalized spacial score (nSPS) is 9.48. The summed E-state index contributed by atoms with van der Waals surface area (Å²) >= 11 is 0. The van der Waals surface area contributed by atoms with E-state index in [4.69, 9.17) is 10.5 Å². The summed E-state index contributed by atoms with van der Waals surface area (Å²) < 4.78 is 9.69. The minimum atomic E-state index is -0.543. The lowest BCUT2D eigenvalue weighted by atomic mass is 10.1. The molecule has 6 heteroatoms. The van der Waals surface area contributed by atoms with Gasteiger partial charge in [0.1, 0.15) is 6.61 Å². The van der Waals surface area contributed by atoms with E-state index in [1.54, 1.807) is 18.2 Å². The monoisotopic (exact) mass is 338 g/mol. The first kappa shape index (κ1) is 17.9. The molecule has 0 radical (unpaired) electrons. The first-order valence-electron chi connectivity index (χ1n) is 7.51. The molecule has 2 aromatic carbocycles. The summed E-state index contributed by atoms with van der Waals surface area (Å²) in [5.74, 6) is 5.13. The molecule has 3 N–H and O–H groups in total. The maximum absolute atomic E-state index is 11.6. The molecule has 128 valence electrons. The Morgan fingerprint density at radius 3 is 2.60 bits per heavy atom. The van der Waals surface area contributed by atoms with Crippen LogP contribution in [0, 0.1) is 11.8 Å². The number of nitrogens with two attached hydrogens (primary N) is 1. The second-order valence-electron chi connectivity index (χ2n) is 5.01. The van der Waals surface area contributed by atoms with E-state index >= 15 is 0 Å². The van der Waals surface area contributed by atoms with Crippen LogP contribution in [0.15, 0.2) is 48.5 Å². The zero-order valence-electron chi connectivity index (χ0n) is 13.7. The first-order valence-corrected chi connectivity index (χ1v) is 7.51. The quantitative estimate of drug-likeness (QED) is 0.507. The van der Waals surface area contributed by atoms with E-state index in [9.17, 15) is 9.59 Å². The molecule has 0 aliphatic heterocycles. The molecule has 0 atom stereocenters. The van der Waals surface area contributed by atoms with Crippen LogP contribution in [-0.4, -0.2) is 25.7 Å². The number of benzene rings is 2. The second-order valence-corrected chi connectivity index (χ2v) is 5.01. The first-order chi connectivity index (χ1) is 12.1. The van der Waals surface area contributed by atoms with Crippen LogP contribution in [0.5, 0.6) is 0 Å². The number of nitrogens with one attached hydrogen (secondary N) is 1. The van der Waals surface area contributed by atoms with Gasteiger partial charge in [0.05, 0.1) is 19.2 Å². The average molecular weight is 338 g/mol. The molecule has 0 heterocycles. The van der Waals surface area contributed by atoms with Gasteiger partial charge in [0, 0.05) is 11.3 Å². The Labute approximate surface area is 145 Å². The number of hydrogen-bond acceptors (Lipinski definition) is 5. The molecule has 0 saturated carbocycles. The summed E-state index contributed by atoms with van der Waals surface area (Å²) in [7, 11) is 1.29. The fourth-order valence-electron chi connectivity index (χ4n) is 1.97. The van der Waals surface area contributed by atoms with Gasteiger partial charge in [-0.2, -0.15) is 0 Å². The number of carbonyl (C=O) groups is 2. The highest BCUT2D eigenvalue weighted by Gasteiger charge is 2.09. The molecule has 2 aromatic rings. The Balaban J connectivity index is 1.81. The van der Waals surface area contributed by atoms with Crippen LogP contribution in [0.2, 0.25) is 0 Å². The number of hydrogen-bond donors (Lipinski definition) is 2. The summed E-state index contributed by atoms with van der Waals surface area (Å²) in [4.78, 5) is 23.0. The standard InChI is InChI=1S/C19H18N2O4/c1-24-18(22)16-10-9-14(12-17(16)20)8-5-11-21-19(23)25-13-15-6-3-2-4-7-15/h2-4,6-7,9-10,12H,11,13,20H2,1H3,(H,21,23). The second kappa shape index (κ2) is 8.99. The summed E-state index contributed by atoms with van der Waals surface area (Å²) in [6.45, 7) is 0.331. The molecule has 0 aliphatic rings. The van der Waals surface area contributed by atoms with Gasteiger partial charge in [-0.3, -0.25) is 0 Å². The average Bonchev–Trinajstić information content (AvgIpc) is 2.64. The van der Waals surface area contributed by atoms with Crippen molar-refractivity contribution in [3.05, 3.63) is 65.2 Å². The van der Waals surface area contributed by atoms with Gasteiger partial charge in [-0.1, -0.05) is 42.2 Å². The highest BCUT2D eigenvalue weighted by molar-refractivity contribution is 5.95. The molecule has 1 amide bonds. The predicted octanol–water partition coefficient (Wildman–Crippen LogP) is 2.33. The number of methoxy groups -OCH3 is 1. The van der Waals surface area contributed by atoms with E-state index in [1.165, 1.54) is 7.11 Å². The molecular weight excluding hydrogens is 320 g/mol. The highest BCUT2D eigenvalue weighted by atomic mass is 16.5. The topological polar surface area (TPSA) is 90.6 Å². The van der Waals surface area contributed by atoms with Crippen molar-refractivity contribution in [2.24, 2.45) is 0 Å². The Bertz CT molecular complexity index is 807. The summed E-state index contributed by atoms with van der Waals surface area (Å²) in [6, 6.07) is 14.2. The van der Waals surface area contributed by atoms with Crippen molar-refractivity contribution in [3.63, 3.8) is 0 Å². The third kappa shape index (κ3) is 5.59. The lowest BCUT2D eigenvalue weighted by Crippen LogP contribution is -2.24. The minimum Gasteiger partial charge on any atom is -0.465 e. The van der Waals surface area contributed by atoms with Crippen molar-refractivity contribution < 1.29 is 19.1 Å². The van der Waals surface area contributed by atoms with Crippen LogP contribution in [-0.2, 0) is 16.1 Å². The molecule has 2 rings (SSSR count). The van der Waals surface area contributed by atoms with Crippen molar-refractivity contribution >= 4 is 17.7 Å². The number of amides is 1. The fourth-order valence-corrected chi connectivity index (χ4v) is 1.97. The van der Waals surface area contributed by atoms with Crippen LogP contribution in [0.1, 0.15) is 21.5 Å². The van der Waals surface area contributed by atoms with Gasteiger partial charge in [-0.15, -0.1) is 0 Å². The van der Waals surface area contributed by atoms with Crippen LogP contribution in [0.25, 0.3) is 0 Å². The van der Waals surface area contributed by atoms with E-state index in [1.807, 2.05) is 30.3 Å². The zero-order chi connectivity index (χ0) is 18.1. The van der Waals surface area contributed by atoms with Crippen LogP contribution in [0.4, 0.5) is 10.5 Å². The number of rotatable bonds is 4. The molecule has 25 heavy (non-hydrogen) atoms. The molecule has 0 spiro atoms. The van der Waals surface area contributed by atoms with Gasteiger partial charge >= 0.3 is 12.1 Å². The van der Waals surface area contributed by atoms with Crippen molar-refractivity contribution in [2.45, 2.75) is 6.61 Å². The number of carbonyl (C=O) groups excluding carboxylic acids is 2. The number of anilines is 1. The summed E-state index contributed by atoms with van der Waals surface area (Å²) in [6.07, 6.45) is -0.543. The number of nitrogen functional groups attached to an aromatic ring is 1. The lowest BCUT2D eigenvalue weighted by molar-refractivity contribution is 0.0602. The van der Waals surface area contributed by atoms with Gasteiger partial charge < -0.3 is 20.5 Å². The summed E-state index contributed by atoms with van der Waals surface area (Å²) in [5.41, 5.74) is 7.90. The Morgan fingerprint density at radius 2 is 1.92 bits per heavy atom. The van der Waals surface area contributed by atoms with E-state index < -0.39 is 12.1 Å².